The number of aryl methyl sites for hydroxylation is 1. The summed E-state index contributed by atoms with van der Waals surface area (Å²) in [6.45, 7) is 5.03. The van der Waals surface area contributed by atoms with Crippen LogP contribution in [0, 0.1) is 13.8 Å². The first kappa shape index (κ1) is 23.6. The maximum absolute atomic E-state index is 12.9. The van der Waals surface area contributed by atoms with Crippen LogP contribution in [0.15, 0.2) is 52.6 Å². The number of nitrogens with zero attached hydrogens (tertiary/aromatic N) is 2. The number of rotatable bonds is 6. The van der Waals surface area contributed by atoms with Gasteiger partial charge in [-0.25, -0.2) is 9.59 Å². The van der Waals surface area contributed by atoms with Crippen molar-refractivity contribution in [2.75, 3.05) is 7.11 Å². The average molecular weight is 477 g/mol. The summed E-state index contributed by atoms with van der Waals surface area (Å²) >= 11 is 0. The van der Waals surface area contributed by atoms with Crippen LogP contribution < -0.4 is 10.1 Å². The quantitative estimate of drug-likeness (QED) is 0.250. The fraction of sp³-hybridized carbons (Fsp3) is 0.200. The van der Waals surface area contributed by atoms with E-state index >= 15 is 0 Å². The summed E-state index contributed by atoms with van der Waals surface area (Å²) in [5.74, 6) is -0.856. The minimum atomic E-state index is -0.648. The van der Waals surface area contributed by atoms with Crippen molar-refractivity contribution in [3.8, 4) is 11.4 Å². The van der Waals surface area contributed by atoms with Gasteiger partial charge in [0, 0.05) is 24.0 Å². The SMILES string of the molecule is COC(=O)c1ccc(CN2C(=O)N/C(=C\c3cc(C)n(-c4ccc(OC(C)=O)cc4)c3C)C2=O)o1. The second kappa shape index (κ2) is 9.34. The predicted molar refractivity (Wildman–Crippen MR) is 124 cm³/mol. The summed E-state index contributed by atoms with van der Waals surface area (Å²) in [4.78, 5) is 49.1. The van der Waals surface area contributed by atoms with Crippen LogP contribution >= 0.6 is 0 Å². The van der Waals surface area contributed by atoms with Crippen molar-refractivity contribution in [3.05, 3.63) is 76.6 Å². The molecule has 35 heavy (non-hydrogen) atoms. The highest BCUT2D eigenvalue weighted by Crippen LogP contribution is 2.26. The Bertz CT molecular complexity index is 1360. The van der Waals surface area contributed by atoms with E-state index in [-0.39, 0.29) is 23.8 Å². The first-order valence-electron chi connectivity index (χ1n) is 10.7. The lowest BCUT2D eigenvalue weighted by molar-refractivity contribution is -0.132. The zero-order valence-electron chi connectivity index (χ0n) is 19.6. The molecular weight excluding hydrogens is 454 g/mol. The van der Waals surface area contributed by atoms with E-state index in [4.69, 9.17) is 9.15 Å². The number of benzene rings is 1. The van der Waals surface area contributed by atoms with E-state index in [2.05, 4.69) is 10.1 Å². The van der Waals surface area contributed by atoms with E-state index in [1.807, 2.05) is 36.6 Å². The highest BCUT2D eigenvalue weighted by Gasteiger charge is 2.34. The molecule has 0 radical (unpaired) electrons. The summed E-state index contributed by atoms with van der Waals surface area (Å²) in [5.41, 5.74) is 3.49. The smallest absolute Gasteiger partial charge is 0.373 e. The third-order valence-electron chi connectivity index (χ3n) is 5.45. The molecule has 1 fully saturated rings. The number of hydrogen-bond donors (Lipinski definition) is 1. The Morgan fingerprint density at radius 2 is 1.80 bits per heavy atom. The molecule has 0 saturated carbocycles. The molecule has 10 nitrogen and oxygen atoms in total. The van der Waals surface area contributed by atoms with Gasteiger partial charge < -0.3 is 23.8 Å². The molecule has 0 spiro atoms. The Morgan fingerprint density at radius 1 is 1.09 bits per heavy atom. The topological polar surface area (TPSA) is 120 Å². The number of methoxy groups -OCH3 is 1. The van der Waals surface area contributed by atoms with Gasteiger partial charge in [0.15, 0.2) is 0 Å². The van der Waals surface area contributed by atoms with Crippen LogP contribution in [0.4, 0.5) is 4.79 Å². The normalized spacial score (nSPS) is 14.4. The maximum Gasteiger partial charge on any atom is 0.373 e. The van der Waals surface area contributed by atoms with Gasteiger partial charge in [0.1, 0.15) is 17.2 Å². The third kappa shape index (κ3) is 4.72. The zero-order chi connectivity index (χ0) is 25.3. The lowest BCUT2D eigenvalue weighted by atomic mass is 10.2. The molecule has 4 rings (SSSR count). The zero-order valence-corrected chi connectivity index (χ0v) is 19.6. The molecule has 0 bridgehead atoms. The molecular formula is C25H23N3O7. The molecule has 0 aliphatic carbocycles. The average Bonchev–Trinajstić information content (AvgIpc) is 3.47. The Morgan fingerprint density at radius 3 is 2.46 bits per heavy atom. The van der Waals surface area contributed by atoms with Crippen molar-refractivity contribution in [2.45, 2.75) is 27.3 Å². The number of urea groups is 1. The number of carbonyl (C=O) groups excluding carboxylic acids is 4. The van der Waals surface area contributed by atoms with Crippen molar-refractivity contribution in [1.82, 2.24) is 14.8 Å². The van der Waals surface area contributed by atoms with E-state index in [9.17, 15) is 19.2 Å². The number of carbonyl (C=O) groups is 4. The molecule has 3 aromatic rings. The highest BCUT2D eigenvalue weighted by atomic mass is 16.5. The van der Waals surface area contributed by atoms with Gasteiger partial charge in [-0.1, -0.05) is 0 Å². The fourth-order valence-electron chi connectivity index (χ4n) is 3.86. The highest BCUT2D eigenvalue weighted by molar-refractivity contribution is 6.14. The molecule has 3 heterocycles. The molecule has 3 amide bonds. The molecule has 1 aromatic carbocycles. The minimum Gasteiger partial charge on any atom is -0.463 e. The van der Waals surface area contributed by atoms with Crippen LogP contribution in [-0.4, -0.2) is 40.5 Å². The lowest BCUT2D eigenvalue weighted by Crippen LogP contribution is -2.30. The summed E-state index contributed by atoms with van der Waals surface area (Å²) in [6.07, 6.45) is 1.62. The Labute approximate surface area is 200 Å². The molecule has 1 N–H and O–H groups in total. The predicted octanol–water partition coefficient (Wildman–Crippen LogP) is 3.49. The summed E-state index contributed by atoms with van der Waals surface area (Å²) in [7, 11) is 1.23. The number of esters is 2. The van der Waals surface area contributed by atoms with Crippen molar-refractivity contribution in [2.24, 2.45) is 0 Å². The maximum atomic E-state index is 12.9. The van der Waals surface area contributed by atoms with E-state index in [0.717, 1.165) is 27.5 Å². The number of furan rings is 1. The van der Waals surface area contributed by atoms with Gasteiger partial charge >= 0.3 is 18.0 Å². The van der Waals surface area contributed by atoms with E-state index in [1.165, 1.54) is 26.2 Å². The van der Waals surface area contributed by atoms with Crippen molar-refractivity contribution in [3.63, 3.8) is 0 Å². The van der Waals surface area contributed by atoms with Gasteiger partial charge in [0.05, 0.1) is 13.7 Å². The third-order valence-corrected chi connectivity index (χ3v) is 5.45. The van der Waals surface area contributed by atoms with Gasteiger partial charge in [-0.15, -0.1) is 0 Å². The van der Waals surface area contributed by atoms with Gasteiger partial charge in [-0.3, -0.25) is 14.5 Å². The first-order valence-corrected chi connectivity index (χ1v) is 10.7. The van der Waals surface area contributed by atoms with E-state index in [1.54, 1.807) is 18.2 Å². The Balaban J connectivity index is 1.55. The monoisotopic (exact) mass is 477 g/mol. The molecule has 180 valence electrons. The van der Waals surface area contributed by atoms with E-state index in [0.29, 0.717) is 5.75 Å². The number of nitrogens with one attached hydrogen (secondary N) is 1. The van der Waals surface area contributed by atoms with Crippen molar-refractivity contribution < 1.29 is 33.1 Å². The standard InChI is InChI=1S/C25H23N3O7/c1-14-11-17(15(2)28(14)18-5-7-19(8-6-18)34-16(3)29)12-21-23(30)27(25(32)26-21)13-20-9-10-22(35-20)24(31)33-4/h5-12H,13H2,1-4H3,(H,26,32)/b21-12-. The van der Waals surface area contributed by atoms with Gasteiger partial charge in [-0.2, -0.15) is 0 Å². The number of hydrogen-bond acceptors (Lipinski definition) is 7. The summed E-state index contributed by atoms with van der Waals surface area (Å²) < 4.78 is 17.0. The van der Waals surface area contributed by atoms with Crippen molar-refractivity contribution >= 4 is 30.0 Å². The number of amides is 3. The van der Waals surface area contributed by atoms with Crippen LogP contribution in [0.1, 0.15) is 40.2 Å². The second-order valence-electron chi connectivity index (χ2n) is 7.89. The fourth-order valence-corrected chi connectivity index (χ4v) is 3.86. The molecule has 1 aliphatic rings. The number of imide groups is 1. The van der Waals surface area contributed by atoms with Crippen LogP contribution in [-0.2, 0) is 20.9 Å². The molecule has 10 heteroatoms. The van der Waals surface area contributed by atoms with Crippen LogP contribution in [0.2, 0.25) is 0 Å². The summed E-state index contributed by atoms with van der Waals surface area (Å²) in [6, 6.07) is 11.3. The minimum absolute atomic E-state index is 0.0151. The van der Waals surface area contributed by atoms with Crippen LogP contribution in [0.5, 0.6) is 5.75 Å². The number of aromatic nitrogens is 1. The largest absolute Gasteiger partial charge is 0.463 e. The number of ether oxygens (including phenoxy) is 2. The summed E-state index contributed by atoms with van der Waals surface area (Å²) in [5, 5.41) is 2.59. The Hall–Kier alpha value is -4.60. The van der Waals surface area contributed by atoms with E-state index < -0.39 is 23.9 Å². The molecule has 1 saturated heterocycles. The molecule has 0 unspecified atom stereocenters. The Kier molecular flexibility index (Phi) is 6.28. The van der Waals surface area contributed by atoms with Crippen molar-refractivity contribution in [1.29, 1.82) is 0 Å². The van der Waals surface area contributed by atoms with Crippen LogP contribution in [0.25, 0.3) is 11.8 Å². The van der Waals surface area contributed by atoms with Crippen LogP contribution in [0.3, 0.4) is 0 Å². The van der Waals surface area contributed by atoms with Gasteiger partial charge in [-0.05, 0) is 68.0 Å². The second-order valence-corrected chi connectivity index (χ2v) is 7.89. The first-order chi connectivity index (χ1) is 16.7. The lowest BCUT2D eigenvalue weighted by Gasteiger charge is -2.10. The molecule has 1 aliphatic heterocycles. The molecule has 0 atom stereocenters. The van der Waals surface area contributed by atoms with Gasteiger partial charge in [0.25, 0.3) is 5.91 Å². The molecule has 2 aromatic heterocycles. The van der Waals surface area contributed by atoms with Gasteiger partial charge in [0.2, 0.25) is 5.76 Å².